The molecule has 3 N–H and O–H groups in total. The lowest BCUT2D eigenvalue weighted by Gasteiger charge is -2.14. The van der Waals surface area contributed by atoms with Crippen molar-refractivity contribution in [3.63, 3.8) is 0 Å². The topological polar surface area (TPSA) is 107 Å². The monoisotopic (exact) mass is 332 g/mol. The first-order valence-electron chi connectivity index (χ1n) is 6.81. The number of primary amides is 1. The molecule has 0 spiro atoms. The Morgan fingerprint density at radius 3 is 2.83 bits per heavy atom. The lowest BCUT2D eigenvalue weighted by atomic mass is 10.2. The number of hydrogen-bond acceptors (Lipinski definition) is 5. The van der Waals surface area contributed by atoms with Crippen LogP contribution in [0.15, 0.2) is 46.9 Å². The Bertz CT molecular complexity index is 831. The highest BCUT2D eigenvalue weighted by Crippen LogP contribution is 2.22. The smallest absolute Gasteiger partial charge is 0.318 e. The maximum atomic E-state index is 12.6. The van der Waals surface area contributed by atoms with Gasteiger partial charge in [-0.2, -0.15) is 0 Å². The van der Waals surface area contributed by atoms with E-state index in [9.17, 15) is 14.4 Å². The van der Waals surface area contributed by atoms with E-state index in [2.05, 4.69) is 11.6 Å². The standard InChI is InChI=1S/C15H16N4O3S/c1-3-8-19-13(21)10-6-4-5-7-11(10)17-15(19)23-9(2)12(20)18-14(16)22/h3-7,9H,1,8H2,2H3,(H3,16,18,20,22). The highest BCUT2D eigenvalue weighted by molar-refractivity contribution is 8.00. The van der Waals surface area contributed by atoms with Crippen LogP contribution in [-0.2, 0) is 11.3 Å². The average molecular weight is 332 g/mol. The summed E-state index contributed by atoms with van der Waals surface area (Å²) < 4.78 is 1.44. The number of allylic oxidation sites excluding steroid dienone is 1. The molecule has 1 aromatic heterocycles. The number of carbonyl (C=O) groups excluding carboxylic acids is 2. The molecule has 120 valence electrons. The molecule has 0 saturated carbocycles. The van der Waals surface area contributed by atoms with E-state index >= 15 is 0 Å². The number of aromatic nitrogens is 2. The number of para-hydroxylation sites is 1. The molecule has 1 atom stereocenters. The number of nitrogens with zero attached hydrogens (tertiary/aromatic N) is 2. The van der Waals surface area contributed by atoms with Gasteiger partial charge in [-0.1, -0.05) is 30.0 Å². The number of carbonyl (C=O) groups is 2. The van der Waals surface area contributed by atoms with Gasteiger partial charge in [0.05, 0.1) is 16.2 Å². The Kier molecular flexibility index (Phi) is 5.17. The Hall–Kier alpha value is -2.61. The van der Waals surface area contributed by atoms with Gasteiger partial charge in [0.15, 0.2) is 5.16 Å². The van der Waals surface area contributed by atoms with Crippen LogP contribution < -0.4 is 16.6 Å². The van der Waals surface area contributed by atoms with E-state index in [4.69, 9.17) is 5.73 Å². The molecule has 23 heavy (non-hydrogen) atoms. The zero-order chi connectivity index (χ0) is 17.0. The van der Waals surface area contributed by atoms with Crippen LogP contribution in [0.5, 0.6) is 0 Å². The molecule has 0 bridgehead atoms. The molecule has 1 heterocycles. The predicted molar refractivity (Wildman–Crippen MR) is 89.2 cm³/mol. The predicted octanol–water partition coefficient (Wildman–Crippen LogP) is 1.26. The Morgan fingerprint density at radius 1 is 1.48 bits per heavy atom. The molecule has 2 rings (SSSR count). The third kappa shape index (κ3) is 3.78. The maximum Gasteiger partial charge on any atom is 0.318 e. The number of imide groups is 1. The Balaban J connectivity index is 2.44. The molecule has 7 nitrogen and oxygen atoms in total. The van der Waals surface area contributed by atoms with E-state index in [0.717, 1.165) is 11.8 Å². The fraction of sp³-hybridized carbons (Fsp3) is 0.200. The summed E-state index contributed by atoms with van der Waals surface area (Å²) in [7, 11) is 0. The third-order valence-corrected chi connectivity index (χ3v) is 4.13. The molecule has 1 unspecified atom stereocenters. The number of urea groups is 1. The van der Waals surface area contributed by atoms with Gasteiger partial charge in [0.2, 0.25) is 5.91 Å². The summed E-state index contributed by atoms with van der Waals surface area (Å²) in [5.41, 5.74) is 5.27. The van der Waals surface area contributed by atoms with Crippen LogP contribution in [0.4, 0.5) is 4.79 Å². The van der Waals surface area contributed by atoms with Crippen molar-refractivity contribution in [1.29, 1.82) is 0 Å². The van der Waals surface area contributed by atoms with Gasteiger partial charge in [0.25, 0.3) is 5.56 Å². The summed E-state index contributed by atoms with van der Waals surface area (Å²) in [4.78, 5) is 39.6. The van der Waals surface area contributed by atoms with Crippen LogP contribution >= 0.6 is 11.8 Å². The van der Waals surface area contributed by atoms with Crippen LogP contribution in [0.1, 0.15) is 6.92 Å². The molecule has 8 heteroatoms. The first kappa shape index (κ1) is 16.8. The summed E-state index contributed by atoms with van der Waals surface area (Å²) >= 11 is 1.07. The molecule has 0 saturated heterocycles. The highest BCUT2D eigenvalue weighted by atomic mass is 32.2. The fourth-order valence-corrected chi connectivity index (χ4v) is 2.88. The largest absolute Gasteiger partial charge is 0.351 e. The molecule has 2 aromatic rings. The van der Waals surface area contributed by atoms with Gasteiger partial charge >= 0.3 is 6.03 Å². The molecule has 3 amide bonds. The highest BCUT2D eigenvalue weighted by Gasteiger charge is 2.19. The number of rotatable bonds is 5. The summed E-state index contributed by atoms with van der Waals surface area (Å²) in [5, 5.41) is 2.23. The lowest BCUT2D eigenvalue weighted by molar-refractivity contribution is -0.119. The zero-order valence-electron chi connectivity index (χ0n) is 12.5. The normalized spacial score (nSPS) is 11.9. The Labute approximate surface area is 136 Å². The zero-order valence-corrected chi connectivity index (χ0v) is 13.3. The molecule has 0 radical (unpaired) electrons. The number of fused-ring (bicyclic) bond motifs is 1. The van der Waals surface area contributed by atoms with Gasteiger partial charge in [-0.3, -0.25) is 19.5 Å². The van der Waals surface area contributed by atoms with Gasteiger partial charge in [-0.05, 0) is 19.1 Å². The number of amides is 3. The third-order valence-electron chi connectivity index (χ3n) is 3.04. The second-order valence-corrected chi connectivity index (χ2v) is 6.04. The van der Waals surface area contributed by atoms with Gasteiger partial charge in [-0.25, -0.2) is 9.78 Å². The van der Waals surface area contributed by atoms with E-state index in [1.54, 1.807) is 37.3 Å². The van der Waals surface area contributed by atoms with E-state index in [1.165, 1.54) is 4.57 Å². The van der Waals surface area contributed by atoms with Gasteiger partial charge < -0.3 is 5.73 Å². The Morgan fingerprint density at radius 2 is 2.17 bits per heavy atom. The van der Waals surface area contributed by atoms with Crippen LogP contribution in [0, 0.1) is 0 Å². The van der Waals surface area contributed by atoms with Crippen LogP contribution in [0.2, 0.25) is 0 Å². The van der Waals surface area contributed by atoms with E-state index in [0.29, 0.717) is 16.1 Å². The minimum Gasteiger partial charge on any atom is -0.351 e. The second kappa shape index (κ2) is 7.10. The van der Waals surface area contributed by atoms with E-state index < -0.39 is 17.2 Å². The number of hydrogen-bond donors (Lipinski definition) is 2. The number of nitrogens with one attached hydrogen (secondary N) is 1. The molecule has 0 aliphatic carbocycles. The minimum atomic E-state index is -0.919. The quantitative estimate of drug-likeness (QED) is 0.487. The molecule has 0 aliphatic rings. The first-order chi connectivity index (χ1) is 10.9. The minimum absolute atomic E-state index is 0.208. The van der Waals surface area contributed by atoms with Crippen molar-refractivity contribution in [1.82, 2.24) is 14.9 Å². The van der Waals surface area contributed by atoms with Crippen LogP contribution in [-0.4, -0.2) is 26.7 Å². The van der Waals surface area contributed by atoms with Crippen LogP contribution in [0.3, 0.4) is 0 Å². The van der Waals surface area contributed by atoms with Gasteiger partial charge in [0, 0.05) is 6.54 Å². The van der Waals surface area contributed by atoms with Crippen molar-refractivity contribution in [3.05, 3.63) is 47.3 Å². The molecule has 0 fully saturated rings. The first-order valence-corrected chi connectivity index (χ1v) is 7.69. The summed E-state index contributed by atoms with van der Waals surface area (Å²) in [6, 6.07) is 6.05. The summed E-state index contributed by atoms with van der Waals surface area (Å²) in [5.74, 6) is -0.546. The SMILES string of the molecule is C=CCn1c(SC(C)C(=O)NC(N)=O)nc2ccccc2c1=O. The second-order valence-electron chi connectivity index (χ2n) is 4.73. The molecular weight excluding hydrogens is 316 g/mol. The van der Waals surface area contributed by atoms with Crippen molar-refractivity contribution >= 4 is 34.6 Å². The van der Waals surface area contributed by atoms with Gasteiger partial charge in [0.1, 0.15) is 0 Å². The van der Waals surface area contributed by atoms with Crippen LogP contribution in [0.25, 0.3) is 10.9 Å². The average Bonchev–Trinajstić information content (AvgIpc) is 2.50. The molecule has 1 aromatic carbocycles. The van der Waals surface area contributed by atoms with E-state index in [-0.39, 0.29) is 12.1 Å². The fourth-order valence-electron chi connectivity index (χ4n) is 1.96. The number of nitrogens with two attached hydrogens (primary N) is 1. The number of benzene rings is 1. The van der Waals surface area contributed by atoms with Crippen molar-refractivity contribution in [2.24, 2.45) is 5.73 Å². The molecular formula is C15H16N4O3S. The van der Waals surface area contributed by atoms with Crippen molar-refractivity contribution in [3.8, 4) is 0 Å². The number of thioether (sulfide) groups is 1. The van der Waals surface area contributed by atoms with Crippen molar-refractivity contribution < 1.29 is 9.59 Å². The van der Waals surface area contributed by atoms with Crippen molar-refractivity contribution in [2.45, 2.75) is 23.9 Å². The van der Waals surface area contributed by atoms with E-state index in [1.807, 2.05) is 5.32 Å². The maximum absolute atomic E-state index is 12.6. The van der Waals surface area contributed by atoms with Crippen molar-refractivity contribution in [2.75, 3.05) is 0 Å². The summed E-state index contributed by atoms with van der Waals surface area (Å²) in [6.07, 6.45) is 1.58. The lowest BCUT2D eigenvalue weighted by Crippen LogP contribution is -2.39. The molecule has 0 aliphatic heterocycles. The van der Waals surface area contributed by atoms with Gasteiger partial charge in [-0.15, -0.1) is 6.58 Å². The summed E-state index contributed by atoms with van der Waals surface area (Å²) in [6.45, 7) is 5.50.